The first-order chi connectivity index (χ1) is 7.88. The van der Waals surface area contributed by atoms with Crippen molar-refractivity contribution >= 4 is 12.2 Å². The molecule has 0 aliphatic rings. The first kappa shape index (κ1) is 10.7. The monoisotopic (exact) mass is 208 g/mol. The zero-order chi connectivity index (χ0) is 11.2. The second-order valence-corrected chi connectivity index (χ2v) is 3.84. The molecular weight excluding hydrogens is 192 g/mol. The fraction of sp³-hybridized carbons (Fsp3) is 0.125. The van der Waals surface area contributed by atoms with E-state index in [1.165, 1.54) is 16.7 Å². The van der Waals surface area contributed by atoms with E-state index >= 15 is 0 Å². The lowest BCUT2D eigenvalue weighted by Crippen LogP contribution is -1.80. The second-order valence-electron chi connectivity index (χ2n) is 3.84. The lowest BCUT2D eigenvalue weighted by molar-refractivity contribution is 1.14. The van der Waals surface area contributed by atoms with E-state index in [-0.39, 0.29) is 0 Å². The largest absolute Gasteiger partial charge is 0.0622 e. The molecule has 0 spiro atoms. The van der Waals surface area contributed by atoms with Crippen LogP contribution in [0, 0.1) is 0 Å². The Bertz CT molecular complexity index is 466. The Morgan fingerprint density at radius 3 is 2.25 bits per heavy atom. The molecule has 0 saturated heterocycles. The van der Waals surface area contributed by atoms with Gasteiger partial charge in [-0.05, 0) is 23.1 Å². The van der Waals surface area contributed by atoms with Crippen LogP contribution in [0.15, 0.2) is 54.6 Å². The van der Waals surface area contributed by atoms with Crippen molar-refractivity contribution in [1.82, 2.24) is 0 Å². The zero-order valence-electron chi connectivity index (χ0n) is 9.56. The predicted molar refractivity (Wildman–Crippen MR) is 71.2 cm³/mol. The molecule has 0 heteroatoms. The second kappa shape index (κ2) is 5.32. The van der Waals surface area contributed by atoms with Gasteiger partial charge in [0.1, 0.15) is 0 Å². The summed E-state index contributed by atoms with van der Waals surface area (Å²) in [6.07, 6.45) is 5.40. The van der Waals surface area contributed by atoms with Gasteiger partial charge in [-0.3, -0.25) is 0 Å². The summed E-state index contributed by atoms with van der Waals surface area (Å²) in [7, 11) is 0. The first-order valence-electron chi connectivity index (χ1n) is 5.70. The molecule has 2 rings (SSSR count). The number of aryl methyl sites for hydroxylation is 1. The molecule has 2 aromatic carbocycles. The smallest absolute Gasteiger partial charge is 0.0254 e. The molecule has 0 aliphatic heterocycles. The number of benzene rings is 2. The highest BCUT2D eigenvalue weighted by Crippen LogP contribution is 2.10. The van der Waals surface area contributed by atoms with Crippen LogP contribution in [0.1, 0.15) is 23.6 Å². The fourth-order valence-corrected chi connectivity index (χ4v) is 1.67. The standard InChI is InChI=1S/C16H16/c1-2-14-9-6-10-16(13-14)12-11-15-7-4-3-5-8-15/h3-13H,2H2,1H3/b12-11-. The summed E-state index contributed by atoms with van der Waals surface area (Å²) in [5, 5.41) is 0. The van der Waals surface area contributed by atoms with Gasteiger partial charge in [-0.25, -0.2) is 0 Å². The molecule has 0 fully saturated rings. The Kier molecular flexibility index (Phi) is 3.55. The average molecular weight is 208 g/mol. The topological polar surface area (TPSA) is 0 Å². The van der Waals surface area contributed by atoms with Gasteiger partial charge in [0.15, 0.2) is 0 Å². The van der Waals surface area contributed by atoms with Gasteiger partial charge < -0.3 is 0 Å². The van der Waals surface area contributed by atoms with E-state index in [9.17, 15) is 0 Å². The minimum absolute atomic E-state index is 1.09. The van der Waals surface area contributed by atoms with Crippen molar-refractivity contribution in [2.45, 2.75) is 13.3 Å². The molecule has 0 saturated carbocycles. The maximum Gasteiger partial charge on any atom is -0.0254 e. The summed E-state index contributed by atoms with van der Waals surface area (Å²) >= 11 is 0. The van der Waals surface area contributed by atoms with Gasteiger partial charge in [-0.15, -0.1) is 0 Å². The van der Waals surface area contributed by atoms with Crippen LogP contribution < -0.4 is 0 Å². The minimum atomic E-state index is 1.09. The average Bonchev–Trinajstić information content (AvgIpc) is 2.38. The Labute approximate surface area is 97.3 Å². The van der Waals surface area contributed by atoms with Crippen molar-refractivity contribution < 1.29 is 0 Å². The Balaban J connectivity index is 2.17. The molecular formula is C16H16. The van der Waals surface area contributed by atoms with Crippen molar-refractivity contribution in [3.05, 3.63) is 71.3 Å². The molecule has 2 aromatic rings. The normalized spacial score (nSPS) is 10.8. The lowest BCUT2D eigenvalue weighted by Gasteiger charge is -1.98. The SMILES string of the molecule is CCc1cccc(/C=C\c2ccccc2)c1. The molecule has 0 N–H and O–H groups in total. The van der Waals surface area contributed by atoms with Crippen LogP contribution >= 0.6 is 0 Å². The number of hydrogen-bond donors (Lipinski definition) is 0. The van der Waals surface area contributed by atoms with E-state index in [1.807, 2.05) is 6.07 Å². The minimum Gasteiger partial charge on any atom is -0.0622 e. The van der Waals surface area contributed by atoms with Crippen molar-refractivity contribution in [2.75, 3.05) is 0 Å². The van der Waals surface area contributed by atoms with E-state index in [0.717, 1.165) is 6.42 Å². The van der Waals surface area contributed by atoms with Gasteiger partial charge in [0, 0.05) is 0 Å². The summed E-state index contributed by atoms with van der Waals surface area (Å²) < 4.78 is 0. The Hall–Kier alpha value is -1.82. The third-order valence-corrected chi connectivity index (χ3v) is 2.63. The molecule has 16 heavy (non-hydrogen) atoms. The third kappa shape index (κ3) is 2.83. The van der Waals surface area contributed by atoms with Crippen LogP contribution in [0.3, 0.4) is 0 Å². The van der Waals surface area contributed by atoms with Crippen molar-refractivity contribution in [2.24, 2.45) is 0 Å². The third-order valence-electron chi connectivity index (χ3n) is 2.63. The quantitative estimate of drug-likeness (QED) is 0.655. The van der Waals surface area contributed by atoms with Crippen LogP contribution in [-0.2, 0) is 6.42 Å². The van der Waals surface area contributed by atoms with Crippen LogP contribution in [0.2, 0.25) is 0 Å². The van der Waals surface area contributed by atoms with Gasteiger partial charge >= 0.3 is 0 Å². The van der Waals surface area contributed by atoms with Crippen LogP contribution in [0.25, 0.3) is 12.2 Å². The summed E-state index contributed by atoms with van der Waals surface area (Å²) in [6, 6.07) is 19.0. The van der Waals surface area contributed by atoms with Gasteiger partial charge in [-0.2, -0.15) is 0 Å². The lowest BCUT2D eigenvalue weighted by atomic mass is 10.1. The van der Waals surface area contributed by atoms with Crippen LogP contribution in [0.5, 0.6) is 0 Å². The molecule has 0 aliphatic carbocycles. The molecule has 0 radical (unpaired) electrons. The molecule has 0 amide bonds. The fourth-order valence-electron chi connectivity index (χ4n) is 1.67. The van der Waals surface area contributed by atoms with E-state index in [2.05, 4.69) is 67.6 Å². The molecule has 0 bridgehead atoms. The Morgan fingerprint density at radius 2 is 1.50 bits per heavy atom. The Morgan fingerprint density at radius 1 is 0.812 bits per heavy atom. The molecule has 0 aromatic heterocycles. The van der Waals surface area contributed by atoms with E-state index < -0.39 is 0 Å². The molecule has 0 heterocycles. The van der Waals surface area contributed by atoms with Crippen molar-refractivity contribution in [3.8, 4) is 0 Å². The predicted octanol–water partition coefficient (Wildman–Crippen LogP) is 4.42. The summed E-state index contributed by atoms with van der Waals surface area (Å²) in [6.45, 7) is 2.18. The summed E-state index contributed by atoms with van der Waals surface area (Å²) in [4.78, 5) is 0. The highest BCUT2D eigenvalue weighted by atomic mass is 14.0. The van der Waals surface area contributed by atoms with Crippen molar-refractivity contribution in [3.63, 3.8) is 0 Å². The highest BCUT2D eigenvalue weighted by molar-refractivity contribution is 5.69. The van der Waals surface area contributed by atoms with Crippen LogP contribution in [0.4, 0.5) is 0 Å². The van der Waals surface area contributed by atoms with Gasteiger partial charge in [0.25, 0.3) is 0 Å². The molecule has 0 nitrogen and oxygen atoms in total. The van der Waals surface area contributed by atoms with Gasteiger partial charge in [0.2, 0.25) is 0 Å². The number of rotatable bonds is 3. The van der Waals surface area contributed by atoms with Gasteiger partial charge in [0.05, 0.1) is 0 Å². The zero-order valence-corrected chi connectivity index (χ0v) is 9.56. The van der Waals surface area contributed by atoms with E-state index in [1.54, 1.807) is 0 Å². The van der Waals surface area contributed by atoms with Crippen molar-refractivity contribution in [1.29, 1.82) is 0 Å². The molecule has 0 atom stereocenters. The first-order valence-corrected chi connectivity index (χ1v) is 5.70. The maximum atomic E-state index is 2.24. The van der Waals surface area contributed by atoms with E-state index in [0.29, 0.717) is 0 Å². The summed E-state index contributed by atoms with van der Waals surface area (Å²) in [5.41, 5.74) is 3.89. The maximum absolute atomic E-state index is 2.24. The highest BCUT2D eigenvalue weighted by Gasteiger charge is 1.90. The number of hydrogen-bond acceptors (Lipinski definition) is 0. The summed E-state index contributed by atoms with van der Waals surface area (Å²) in [5.74, 6) is 0. The molecule has 0 unspecified atom stereocenters. The molecule has 80 valence electrons. The van der Waals surface area contributed by atoms with Crippen LogP contribution in [-0.4, -0.2) is 0 Å². The van der Waals surface area contributed by atoms with Gasteiger partial charge in [-0.1, -0.05) is 73.7 Å². The van der Waals surface area contributed by atoms with E-state index in [4.69, 9.17) is 0 Å².